The maximum Gasteiger partial charge on any atom is 0.135 e. The molecule has 0 amide bonds. The molecular weight excluding hydrogens is 428 g/mol. The van der Waals surface area contributed by atoms with Gasteiger partial charge in [0.15, 0.2) is 0 Å². The number of nitrogens with one attached hydrogen (secondary N) is 1. The van der Waals surface area contributed by atoms with Gasteiger partial charge in [0.2, 0.25) is 0 Å². The van der Waals surface area contributed by atoms with Crippen LogP contribution >= 0.6 is 0 Å². The van der Waals surface area contributed by atoms with Crippen molar-refractivity contribution in [3.05, 3.63) is 107 Å². The smallest absolute Gasteiger partial charge is 0.135 e. The molecule has 3 aromatic rings. The van der Waals surface area contributed by atoms with Crippen molar-refractivity contribution in [1.82, 2.24) is 5.32 Å². The average Bonchev–Trinajstić information content (AvgIpc) is 2.86. The fourth-order valence-corrected chi connectivity index (χ4v) is 3.83. The Labute approximate surface area is 212 Å². The van der Waals surface area contributed by atoms with Crippen molar-refractivity contribution in [2.24, 2.45) is 10.7 Å². The van der Waals surface area contributed by atoms with Gasteiger partial charge in [-0.05, 0) is 54.6 Å². The van der Waals surface area contributed by atoms with E-state index in [-0.39, 0.29) is 0 Å². The summed E-state index contributed by atoms with van der Waals surface area (Å²) in [7, 11) is 0. The molecule has 35 heavy (non-hydrogen) atoms. The van der Waals surface area contributed by atoms with Crippen molar-refractivity contribution in [1.29, 1.82) is 0 Å². The van der Waals surface area contributed by atoms with E-state index in [4.69, 9.17) is 16.5 Å². The molecule has 186 valence electrons. The van der Waals surface area contributed by atoms with Crippen molar-refractivity contribution in [2.75, 3.05) is 12.3 Å². The molecule has 4 heteroatoms. The highest BCUT2D eigenvalue weighted by molar-refractivity contribution is 6.06. The lowest BCUT2D eigenvalue weighted by Crippen LogP contribution is -2.24. The van der Waals surface area contributed by atoms with Crippen molar-refractivity contribution in [3.8, 4) is 0 Å². The Hall–Kier alpha value is -3.37. The van der Waals surface area contributed by atoms with Gasteiger partial charge in [0.1, 0.15) is 5.84 Å². The number of aryl methyl sites for hydroxylation is 1. The number of hydrogen-bond donors (Lipinski definition) is 3. The zero-order chi connectivity index (χ0) is 25.6. The Kier molecular flexibility index (Phi) is 11.8. The average molecular weight is 471 g/mol. The Bertz CT molecular complexity index is 1090. The number of para-hydroxylation sites is 1. The van der Waals surface area contributed by atoms with Gasteiger partial charge in [-0.1, -0.05) is 101 Å². The second-order valence-corrected chi connectivity index (χ2v) is 9.02. The van der Waals surface area contributed by atoms with E-state index >= 15 is 0 Å². The number of benzene rings is 3. The molecule has 0 aliphatic carbocycles. The largest absolute Gasteiger partial charge is 0.398 e. The molecule has 0 saturated carbocycles. The topological polar surface area (TPSA) is 76.4 Å². The van der Waals surface area contributed by atoms with E-state index in [2.05, 4.69) is 76.0 Å². The number of nitrogens with two attached hydrogens (primary N) is 2. The van der Waals surface area contributed by atoms with E-state index in [0.717, 1.165) is 34.8 Å². The molecule has 0 fully saturated rings. The van der Waals surface area contributed by atoms with Gasteiger partial charge in [-0.25, -0.2) is 0 Å². The Morgan fingerprint density at radius 2 is 1.54 bits per heavy atom. The number of aliphatic imine (C=N–C) groups is 1. The number of rotatable bonds is 9. The van der Waals surface area contributed by atoms with Crippen molar-refractivity contribution < 1.29 is 0 Å². The quantitative estimate of drug-likeness (QED) is 0.136. The van der Waals surface area contributed by atoms with Crippen LogP contribution in [0.1, 0.15) is 73.8 Å². The van der Waals surface area contributed by atoms with E-state index in [1.807, 2.05) is 36.4 Å². The molecular formula is C31H42N4. The van der Waals surface area contributed by atoms with Gasteiger partial charge in [-0.2, -0.15) is 0 Å². The first kappa shape index (κ1) is 27.9. The Morgan fingerprint density at radius 3 is 2.14 bits per heavy atom. The van der Waals surface area contributed by atoms with Gasteiger partial charge in [0.25, 0.3) is 0 Å². The zero-order valence-electron chi connectivity index (χ0n) is 21.9. The molecule has 0 bridgehead atoms. The molecule has 3 rings (SSSR count). The first-order valence-electron chi connectivity index (χ1n) is 12.6. The summed E-state index contributed by atoms with van der Waals surface area (Å²) in [4.78, 5) is 4.93. The highest BCUT2D eigenvalue weighted by atomic mass is 15.0. The molecule has 0 heterocycles. The normalized spacial score (nSPS) is 11.1. The number of nitrogen functional groups attached to an aromatic ring is 1. The third-order valence-corrected chi connectivity index (χ3v) is 5.85. The van der Waals surface area contributed by atoms with Crippen LogP contribution in [0.15, 0.2) is 84.4 Å². The van der Waals surface area contributed by atoms with Crippen LogP contribution < -0.4 is 16.8 Å². The number of nitrogens with zero attached hydrogens (tertiary/aromatic N) is 1. The van der Waals surface area contributed by atoms with Gasteiger partial charge in [-0.15, -0.1) is 0 Å². The SMILES string of the molecule is C=C(NC(=NCc1ccccc1C(C)C)c1ccccc1N)c1ccccc1C.CCCCCN. The van der Waals surface area contributed by atoms with Gasteiger partial charge in [0, 0.05) is 22.5 Å². The third-order valence-electron chi connectivity index (χ3n) is 5.85. The summed E-state index contributed by atoms with van der Waals surface area (Å²) >= 11 is 0. The van der Waals surface area contributed by atoms with E-state index in [9.17, 15) is 0 Å². The molecule has 4 nitrogen and oxygen atoms in total. The van der Waals surface area contributed by atoms with Gasteiger partial charge in [-0.3, -0.25) is 4.99 Å². The second-order valence-electron chi connectivity index (χ2n) is 9.02. The van der Waals surface area contributed by atoms with Crippen LogP contribution in [0.3, 0.4) is 0 Å². The summed E-state index contributed by atoms with van der Waals surface area (Å²) in [6.45, 7) is 14.3. The molecule has 0 saturated heterocycles. The Morgan fingerprint density at radius 1 is 0.914 bits per heavy atom. The maximum atomic E-state index is 6.26. The minimum Gasteiger partial charge on any atom is -0.398 e. The number of unbranched alkanes of at least 4 members (excludes halogenated alkanes) is 2. The number of anilines is 1. The van der Waals surface area contributed by atoms with Crippen LogP contribution in [0.4, 0.5) is 5.69 Å². The first-order valence-corrected chi connectivity index (χ1v) is 12.6. The molecule has 0 aromatic heterocycles. The summed E-state index contributed by atoms with van der Waals surface area (Å²) in [5.41, 5.74) is 18.6. The van der Waals surface area contributed by atoms with E-state index in [1.165, 1.54) is 30.4 Å². The first-order chi connectivity index (χ1) is 16.9. The lowest BCUT2D eigenvalue weighted by Gasteiger charge is -2.17. The minimum atomic E-state index is 0.446. The molecule has 0 spiro atoms. The lowest BCUT2D eigenvalue weighted by atomic mass is 9.97. The number of hydrogen-bond acceptors (Lipinski definition) is 3. The fraction of sp³-hybridized carbons (Fsp3) is 0.323. The van der Waals surface area contributed by atoms with Crippen LogP contribution in [-0.4, -0.2) is 12.4 Å². The van der Waals surface area contributed by atoms with E-state index in [1.54, 1.807) is 0 Å². The van der Waals surface area contributed by atoms with Gasteiger partial charge in [0.05, 0.1) is 6.54 Å². The van der Waals surface area contributed by atoms with Crippen LogP contribution in [0.2, 0.25) is 0 Å². The molecule has 0 aliphatic rings. The fourth-order valence-electron chi connectivity index (χ4n) is 3.83. The highest BCUT2D eigenvalue weighted by Crippen LogP contribution is 2.21. The van der Waals surface area contributed by atoms with Crippen LogP contribution in [0.5, 0.6) is 0 Å². The molecule has 3 aromatic carbocycles. The molecule has 0 radical (unpaired) electrons. The Balaban J connectivity index is 0.000000641. The summed E-state index contributed by atoms with van der Waals surface area (Å²) in [6, 6.07) is 24.4. The summed E-state index contributed by atoms with van der Waals surface area (Å²) < 4.78 is 0. The summed E-state index contributed by atoms with van der Waals surface area (Å²) in [6.07, 6.45) is 3.75. The molecule has 0 atom stereocenters. The second kappa shape index (κ2) is 14.8. The van der Waals surface area contributed by atoms with Gasteiger partial charge >= 0.3 is 0 Å². The monoisotopic (exact) mass is 470 g/mol. The third kappa shape index (κ3) is 8.73. The predicted octanol–water partition coefficient (Wildman–Crippen LogP) is 7.04. The number of amidine groups is 1. The molecule has 0 aliphatic heterocycles. The van der Waals surface area contributed by atoms with Crippen LogP contribution in [0, 0.1) is 6.92 Å². The zero-order valence-corrected chi connectivity index (χ0v) is 21.9. The van der Waals surface area contributed by atoms with E-state index in [0.29, 0.717) is 18.2 Å². The lowest BCUT2D eigenvalue weighted by molar-refractivity contribution is 0.727. The molecule has 5 N–H and O–H groups in total. The van der Waals surface area contributed by atoms with E-state index < -0.39 is 0 Å². The predicted molar refractivity (Wildman–Crippen MR) is 154 cm³/mol. The van der Waals surface area contributed by atoms with Crippen molar-refractivity contribution in [2.45, 2.75) is 59.4 Å². The molecule has 0 unspecified atom stereocenters. The summed E-state index contributed by atoms with van der Waals surface area (Å²) in [5, 5.41) is 3.43. The standard InChI is InChI=1S/C26H29N3.C5H13N/c1-18(2)22-13-8-6-12-21(22)17-28-26(24-15-9-10-16-25(24)27)29-20(4)23-14-7-5-11-19(23)3;1-2-3-4-5-6/h5-16,18H,4,17,27H2,1-3H3,(H,28,29);2-6H2,1H3. The maximum absolute atomic E-state index is 6.26. The van der Waals surface area contributed by atoms with Crippen LogP contribution in [0.25, 0.3) is 5.70 Å². The van der Waals surface area contributed by atoms with Gasteiger partial charge < -0.3 is 16.8 Å². The minimum absolute atomic E-state index is 0.446. The van der Waals surface area contributed by atoms with Crippen molar-refractivity contribution in [3.63, 3.8) is 0 Å². The highest BCUT2D eigenvalue weighted by Gasteiger charge is 2.12. The van der Waals surface area contributed by atoms with Crippen LogP contribution in [-0.2, 0) is 6.54 Å². The van der Waals surface area contributed by atoms with Crippen molar-refractivity contribution >= 4 is 17.2 Å². The summed E-state index contributed by atoms with van der Waals surface area (Å²) in [5.74, 6) is 1.18.